The zero-order chi connectivity index (χ0) is 30.5. The Balaban J connectivity index is 1.62. The van der Waals surface area contributed by atoms with Gasteiger partial charge in [0.1, 0.15) is 17.7 Å². The van der Waals surface area contributed by atoms with Crippen LogP contribution >= 0.6 is 15.9 Å². The molecule has 0 aromatic heterocycles. The Morgan fingerprint density at radius 1 is 1.07 bits per heavy atom. The van der Waals surface area contributed by atoms with Crippen molar-refractivity contribution in [2.24, 2.45) is 4.99 Å². The van der Waals surface area contributed by atoms with Crippen molar-refractivity contribution in [1.82, 2.24) is 10.2 Å². The third-order valence-electron chi connectivity index (χ3n) is 7.08. The maximum absolute atomic E-state index is 14.0. The minimum Gasteiger partial charge on any atom is -0.444 e. The van der Waals surface area contributed by atoms with Crippen LogP contribution in [-0.4, -0.2) is 73.6 Å². The number of ether oxygens (including phenoxy) is 2. The maximum Gasteiger partial charge on any atom is 0.408 e. The number of nitrogens with zero attached hydrogens (tertiary/aromatic N) is 2. The number of esters is 1. The molecule has 1 aromatic rings. The predicted octanol–water partition coefficient (Wildman–Crippen LogP) is 4.64. The van der Waals surface area contributed by atoms with Crippen LogP contribution in [0.2, 0.25) is 0 Å². The van der Waals surface area contributed by atoms with Crippen molar-refractivity contribution in [3.05, 3.63) is 40.9 Å². The molecular weight excluding hydrogens is 630 g/mol. The number of rotatable bonds is 4. The van der Waals surface area contributed by atoms with E-state index in [0.29, 0.717) is 30.2 Å². The first-order valence-electron chi connectivity index (χ1n) is 14.3. The predicted molar refractivity (Wildman–Crippen MR) is 158 cm³/mol. The fraction of sp³-hybridized carbons (Fsp3) is 0.586. The highest BCUT2D eigenvalue weighted by atomic mass is 79.9. The molecule has 1 fully saturated rings. The van der Waals surface area contributed by atoms with E-state index < -0.39 is 57.9 Å². The van der Waals surface area contributed by atoms with Crippen LogP contribution in [0.4, 0.5) is 4.79 Å². The van der Waals surface area contributed by atoms with Gasteiger partial charge >= 0.3 is 12.1 Å². The molecule has 0 radical (unpaired) electrons. The zero-order valence-electron chi connectivity index (χ0n) is 24.1. The van der Waals surface area contributed by atoms with Gasteiger partial charge in [0.2, 0.25) is 11.8 Å². The van der Waals surface area contributed by atoms with Gasteiger partial charge in [0.05, 0.1) is 11.0 Å². The van der Waals surface area contributed by atoms with Crippen molar-refractivity contribution in [3.8, 4) is 0 Å². The van der Waals surface area contributed by atoms with E-state index in [0.717, 1.165) is 19.3 Å². The van der Waals surface area contributed by atoms with Crippen molar-refractivity contribution in [3.63, 3.8) is 0 Å². The summed E-state index contributed by atoms with van der Waals surface area (Å²) in [7, 11) is -4.16. The van der Waals surface area contributed by atoms with Crippen LogP contribution in [0.3, 0.4) is 0 Å². The van der Waals surface area contributed by atoms with Crippen LogP contribution in [0.5, 0.6) is 0 Å². The molecule has 0 spiro atoms. The molecule has 4 atom stereocenters. The van der Waals surface area contributed by atoms with Gasteiger partial charge in [-0.1, -0.05) is 40.9 Å². The molecule has 0 aliphatic carbocycles. The maximum atomic E-state index is 14.0. The van der Waals surface area contributed by atoms with Gasteiger partial charge in [-0.05, 0) is 77.1 Å². The molecule has 0 saturated carbocycles. The number of fused-ring (bicyclic) bond motifs is 3. The SMILES string of the molecule is CC(C)(C)OC(=O)N[C@H]1CCCCC/C=C\CCC2N=C(OC2=O)[C@@H]2C[C@H](OS(=O)(=O)c3ccc(Br)cc3)CN2C1=O. The lowest BCUT2D eigenvalue weighted by Crippen LogP contribution is -2.52. The highest BCUT2D eigenvalue weighted by Gasteiger charge is 2.46. The average Bonchev–Trinajstić information content (AvgIpc) is 3.47. The summed E-state index contributed by atoms with van der Waals surface area (Å²) in [5.74, 6) is -0.907. The Morgan fingerprint density at radius 3 is 2.50 bits per heavy atom. The first-order chi connectivity index (χ1) is 19.8. The van der Waals surface area contributed by atoms with E-state index in [9.17, 15) is 22.8 Å². The van der Waals surface area contributed by atoms with E-state index in [2.05, 4.69) is 32.3 Å². The standard InChI is InChI=1S/C29H38BrN3O8S/c1-29(2,3)40-28(36)32-22-11-9-7-5-4-6-8-10-12-23-27(35)39-25(31-23)24-17-20(18-33(24)26(22)34)41-42(37,38)21-15-13-19(30)14-16-21/h6,8,13-16,20,22-24H,4-5,7,9-12,17-18H2,1-3H3,(H,32,36)/b8-6-/t20-,22-,23?,24-/m0/s1. The Bertz CT molecular complexity index is 1320. The van der Waals surface area contributed by atoms with Gasteiger partial charge in [-0.25, -0.2) is 14.6 Å². The molecular formula is C29H38BrN3O8S. The summed E-state index contributed by atoms with van der Waals surface area (Å²) in [4.78, 5) is 45.3. The molecule has 2 bridgehead atoms. The molecule has 1 saturated heterocycles. The number of carbonyl (C=O) groups is 3. The first kappa shape index (κ1) is 32.2. The second-order valence-electron chi connectivity index (χ2n) is 11.7. The number of alkyl carbamates (subject to hydrolysis) is 1. The van der Waals surface area contributed by atoms with E-state index in [1.807, 2.05) is 6.08 Å². The summed E-state index contributed by atoms with van der Waals surface area (Å²) in [6.07, 6.45) is 7.24. The number of hydrogen-bond acceptors (Lipinski definition) is 9. The van der Waals surface area contributed by atoms with Crippen LogP contribution in [0.15, 0.2) is 50.8 Å². The molecule has 3 heterocycles. The van der Waals surface area contributed by atoms with Crippen molar-refractivity contribution >= 4 is 49.9 Å². The van der Waals surface area contributed by atoms with E-state index >= 15 is 0 Å². The fourth-order valence-electron chi connectivity index (χ4n) is 5.11. The molecule has 11 nitrogen and oxygen atoms in total. The number of hydrogen-bond donors (Lipinski definition) is 1. The lowest BCUT2D eigenvalue weighted by molar-refractivity contribution is -0.137. The molecule has 3 aliphatic rings. The minimum atomic E-state index is -4.16. The van der Waals surface area contributed by atoms with Gasteiger partial charge in [-0.15, -0.1) is 0 Å². The van der Waals surface area contributed by atoms with Crippen molar-refractivity contribution in [2.45, 2.75) is 107 Å². The fourth-order valence-corrected chi connectivity index (χ4v) is 6.45. The second-order valence-corrected chi connectivity index (χ2v) is 14.1. The third-order valence-corrected chi connectivity index (χ3v) is 8.99. The van der Waals surface area contributed by atoms with Crippen LogP contribution < -0.4 is 5.32 Å². The molecule has 3 aliphatic heterocycles. The van der Waals surface area contributed by atoms with E-state index in [-0.39, 0.29) is 23.8 Å². The highest BCUT2D eigenvalue weighted by Crippen LogP contribution is 2.30. The number of nitrogens with one attached hydrogen (secondary N) is 1. The molecule has 1 unspecified atom stereocenters. The lowest BCUT2D eigenvalue weighted by Gasteiger charge is -2.29. The van der Waals surface area contributed by atoms with Gasteiger partial charge in [0, 0.05) is 17.4 Å². The summed E-state index contributed by atoms with van der Waals surface area (Å²) in [6, 6.07) is 3.53. The summed E-state index contributed by atoms with van der Waals surface area (Å²) in [6.45, 7) is 5.09. The summed E-state index contributed by atoms with van der Waals surface area (Å²) in [5.41, 5.74) is -0.768. The number of benzene rings is 1. The zero-order valence-corrected chi connectivity index (χ0v) is 26.5. The molecule has 1 aromatic carbocycles. The highest BCUT2D eigenvalue weighted by molar-refractivity contribution is 9.10. The van der Waals surface area contributed by atoms with E-state index in [1.165, 1.54) is 17.0 Å². The third kappa shape index (κ3) is 8.63. The number of halogens is 1. The van der Waals surface area contributed by atoms with Crippen molar-refractivity contribution in [2.75, 3.05) is 6.54 Å². The monoisotopic (exact) mass is 667 g/mol. The first-order valence-corrected chi connectivity index (χ1v) is 16.5. The van der Waals surface area contributed by atoms with Crippen LogP contribution in [0, 0.1) is 0 Å². The largest absolute Gasteiger partial charge is 0.444 e. The Hall–Kier alpha value is -2.77. The summed E-state index contributed by atoms with van der Waals surface area (Å²) in [5, 5.41) is 2.71. The number of carbonyl (C=O) groups excluding carboxylic acids is 3. The van der Waals surface area contributed by atoms with E-state index in [4.69, 9.17) is 13.7 Å². The van der Waals surface area contributed by atoms with Gasteiger partial charge in [-0.3, -0.25) is 8.98 Å². The Kier molecular flexibility index (Phi) is 10.5. The minimum absolute atomic E-state index is 0.0280. The van der Waals surface area contributed by atoms with E-state index in [1.54, 1.807) is 32.9 Å². The topological polar surface area (TPSA) is 141 Å². The lowest BCUT2D eigenvalue weighted by atomic mass is 10.0. The second kappa shape index (κ2) is 13.7. The Morgan fingerprint density at radius 2 is 1.79 bits per heavy atom. The molecule has 1 N–H and O–H groups in total. The van der Waals surface area contributed by atoms with Crippen LogP contribution in [0.1, 0.15) is 72.1 Å². The van der Waals surface area contributed by atoms with Gasteiger partial charge in [-0.2, -0.15) is 8.42 Å². The smallest absolute Gasteiger partial charge is 0.408 e. The van der Waals surface area contributed by atoms with Crippen LogP contribution in [-0.2, 0) is 33.4 Å². The van der Waals surface area contributed by atoms with Gasteiger partial charge in [0.25, 0.3) is 10.1 Å². The van der Waals surface area contributed by atoms with Gasteiger partial charge in [0.15, 0.2) is 6.04 Å². The van der Waals surface area contributed by atoms with Crippen LogP contribution in [0.25, 0.3) is 0 Å². The van der Waals surface area contributed by atoms with Gasteiger partial charge < -0.3 is 19.7 Å². The molecule has 2 amide bonds. The summed E-state index contributed by atoms with van der Waals surface area (Å²) >= 11 is 3.29. The molecule has 13 heteroatoms. The molecule has 42 heavy (non-hydrogen) atoms. The quantitative estimate of drug-likeness (QED) is 0.278. The van der Waals surface area contributed by atoms with Crippen molar-refractivity contribution in [1.29, 1.82) is 0 Å². The normalized spacial score (nSPS) is 26.7. The number of allylic oxidation sites excluding steroid dienone is 2. The molecule has 230 valence electrons. The Labute approximate surface area is 255 Å². The van der Waals surface area contributed by atoms with Crippen molar-refractivity contribution < 1.29 is 36.5 Å². The number of amides is 2. The molecule has 4 rings (SSSR count). The average molecular weight is 669 g/mol. The number of aliphatic imine (C=N–C) groups is 1. The summed E-state index contributed by atoms with van der Waals surface area (Å²) < 4.78 is 43.4.